The maximum absolute atomic E-state index is 12.6. The zero-order valence-electron chi connectivity index (χ0n) is 12.7. The molecular weight excluding hydrogens is 308 g/mol. The number of rotatable bonds is 5. The first-order valence-corrected chi connectivity index (χ1v) is 7.63. The van der Waals surface area contributed by atoms with E-state index in [1.807, 2.05) is 6.92 Å². The molecular formula is C15H19ClN2O4. The molecule has 6 nitrogen and oxygen atoms in total. The third-order valence-corrected chi connectivity index (χ3v) is 4.16. The number of halogens is 1. The fraction of sp³-hybridized carbons (Fsp3) is 0.533. The van der Waals surface area contributed by atoms with Gasteiger partial charge in [-0.25, -0.2) is 0 Å². The summed E-state index contributed by atoms with van der Waals surface area (Å²) >= 11 is 6.10. The molecule has 1 aromatic carbocycles. The second kappa shape index (κ2) is 7.07. The molecule has 22 heavy (non-hydrogen) atoms. The first-order valence-electron chi connectivity index (χ1n) is 7.25. The van der Waals surface area contributed by atoms with Gasteiger partial charge in [-0.3, -0.25) is 14.9 Å². The number of carbonyl (C=O) groups excluding carboxylic acids is 1. The second-order valence-electron chi connectivity index (χ2n) is 5.44. The van der Waals surface area contributed by atoms with E-state index in [0.717, 1.165) is 6.42 Å². The van der Waals surface area contributed by atoms with Crippen molar-refractivity contribution >= 4 is 23.2 Å². The van der Waals surface area contributed by atoms with Gasteiger partial charge in [-0.1, -0.05) is 11.6 Å². The Kier molecular flexibility index (Phi) is 5.37. The van der Waals surface area contributed by atoms with E-state index >= 15 is 0 Å². The Morgan fingerprint density at radius 3 is 2.91 bits per heavy atom. The van der Waals surface area contributed by atoms with E-state index in [2.05, 4.69) is 0 Å². The minimum absolute atomic E-state index is 0.0854. The SMILES string of the molecule is CCOC[C@@H]1CCN(C(=O)c2cc([N+](=O)[O-])c(C)cc2Cl)C1. The summed E-state index contributed by atoms with van der Waals surface area (Å²) in [5.74, 6) is 0.0511. The van der Waals surface area contributed by atoms with Gasteiger partial charge in [0.2, 0.25) is 0 Å². The van der Waals surface area contributed by atoms with Crippen molar-refractivity contribution in [3.63, 3.8) is 0 Å². The number of aryl methyl sites for hydroxylation is 1. The molecule has 1 heterocycles. The summed E-state index contributed by atoms with van der Waals surface area (Å²) in [5, 5.41) is 11.3. The van der Waals surface area contributed by atoms with Crippen LogP contribution in [0.25, 0.3) is 0 Å². The molecule has 1 amide bonds. The second-order valence-corrected chi connectivity index (χ2v) is 5.85. The Hall–Kier alpha value is -1.66. The number of carbonyl (C=O) groups is 1. The van der Waals surface area contributed by atoms with Gasteiger partial charge >= 0.3 is 0 Å². The minimum atomic E-state index is -0.496. The topological polar surface area (TPSA) is 72.7 Å². The highest BCUT2D eigenvalue weighted by Crippen LogP contribution is 2.29. The van der Waals surface area contributed by atoms with Crippen LogP contribution in [0.3, 0.4) is 0 Å². The van der Waals surface area contributed by atoms with Crippen LogP contribution in [0.5, 0.6) is 0 Å². The number of ether oxygens (including phenoxy) is 1. The number of hydrogen-bond donors (Lipinski definition) is 0. The van der Waals surface area contributed by atoms with E-state index in [-0.39, 0.29) is 22.2 Å². The zero-order valence-corrected chi connectivity index (χ0v) is 13.4. The number of nitro groups is 1. The highest BCUT2D eigenvalue weighted by Gasteiger charge is 2.29. The molecule has 0 N–H and O–H groups in total. The minimum Gasteiger partial charge on any atom is -0.381 e. The Balaban J connectivity index is 2.16. The average molecular weight is 327 g/mol. The van der Waals surface area contributed by atoms with Gasteiger partial charge in [0.05, 0.1) is 22.1 Å². The summed E-state index contributed by atoms with van der Waals surface area (Å²) in [7, 11) is 0. The highest BCUT2D eigenvalue weighted by molar-refractivity contribution is 6.34. The van der Waals surface area contributed by atoms with E-state index in [1.165, 1.54) is 12.1 Å². The van der Waals surface area contributed by atoms with Crippen LogP contribution in [-0.4, -0.2) is 42.0 Å². The zero-order chi connectivity index (χ0) is 16.3. The first kappa shape index (κ1) is 16.7. The number of nitrogens with zero attached hydrogens (tertiary/aromatic N) is 2. The van der Waals surface area contributed by atoms with Gasteiger partial charge in [0, 0.05) is 37.2 Å². The lowest BCUT2D eigenvalue weighted by Gasteiger charge is -2.17. The molecule has 0 aliphatic carbocycles. The van der Waals surface area contributed by atoms with Crippen molar-refractivity contribution in [2.24, 2.45) is 5.92 Å². The maximum atomic E-state index is 12.6. The Morgan fingerprint density at radius 2 is 2.27 bits per heavy atom. The molecule has 1 atom stereocenters. The van der Waals surface area contributed by atoms with Crippen molar-refractivity contribution in [2.45, 2.75) is 20.3 Å². The monoisotopic (exact) mass is 326 g/mol. The van der Waals surface area contributed by atoms with Gasteiger partial charge in [0.1, 0.15) is 0 Å². The van der Waals surface area contributed by atoms with Crippen LogP contribution in [0.1, 0.15) is 29.3 Å². The largest absolute Gasteiger partial charge is 0.381 e. The molecule has 1 aliphatic heterocycles. The Labute approximate surface area is 134 Å². The van der Waals surface area contributed by atoms with Gasteiger partial charge in [0.15, 0.2) is 0 Å². The molecule has 0 spiro atoms. The third-order valence-electron chi connectivity index (χ3n) is 3.84. The predicted octanol–water partition coefficient (Wildman–Crippen LogP) is 3.06. The van der Waals surface area contributed by atoms with Gasteiger partial charge in [0.25, 0.3) is 11.6 Å². The predicted molar refractivity (Wildman–Crippen MR) is 83.3 cm³/mol. The van der Waals surface area contributed by atoms with Gasteiger partial charge in [-0.15, -0.1) is 0 Å². The van der Waals surface area contributed by atoms with Crippen LogP contribution in [-0.2, 0) is 4.74 Å². The molecule has 1 fully saturated rings. The average Bonchev–Trinajstić information content (AvgIpc) is 2.93. The van der Waals surface area contributed by atoms with Crippen molar-refractivity contribution < 1.29 is 14.5 Å². The normalized spacial score (nSPS) is 17.8. The standard InChI is InChI=1S/C15H19ClN2O4/c1-3-22-9-11-4-5-17(8-11)15(19)12-7-14(18(20)21)10(2)6-13(12)16/h6-7,11H,3-5,8-9H2,1-2H3/t11-/m1/s1. The molecule has 1 saturated heterocycles. The molecule has 0 aromatic heterocycles. The lowest BCUT2D eigenvalue weighted by molar-refractivity contribution is -0.385. The van der Waals surface area contributed by atoms with Crippen molar-refractivity contribution in [1.82, 2.24) is 4.90 Å². The van der Waals surface area contributed by atoms with Crippen LogP contribution in [0.15, 0.2) is 12.1 Å². The van der Waals surface area contributed by atoms with Gasteiger partial charge in [-0.2, -0.15) is 0 Å². The van der Waals surface area contributed by atoms with Crippen molar-refractivity contribution in [1.29, 1.82) is 0 Å². The van der Waals surface area contributed by atoms with Crippen molar-refractivity contribution in [3.8, 4) is 0 Å². The molecule has 0 bridgehead atoms. The van der Waals surface area contributed by atoms with Crippen molar-refractivity contribution in [2.75, 3.05) is 26.3 Å². The summed E-state index contributed by atoms with van der Waals surface area (Å²) in [4.78, 5) is 24.8. The number of hydrogen-bond acceptors (Lipinski definition) is 4. The molecule has 2 rings (SSSR count). The van der Waals surface area contributed by atoms with Gasteiger partial charge < -0.3 is 9.64 Å². The molecule has 0 radical (unpaired) electrons. The van der Waals surface area contributed by atoms with Gasteiger partial charge in [-0.05, 0) is 26.3 Å². The summed E-state index contributed by atoms with van der Waals surface area (Å²) in [6, 6.07) is 2.75. The van der Waals surface area contributed by atoms with E-state index in [4.69, 9.17) is 16.3 Å². The summed E-state index contributed by atoms with van der Waals surface area (Å²) in [5.41, 5.74) is 0.552. The molecule has 1 aromatic rings. The summed E-state index contributed by atoms with van der Waals surface area (Å²) in [6.07, 6.45) is 0.872. The quantitative estimate of drug-likeness (QED) is 0.615. The Bertz CT molecular complexity index is 591. The van der Waals surface area contributed by atoms with Crippen LogP contribution in [0, 0.1) is 23.0 Å². The molecule has 0 saturated carbocycles. The number of nitro benzene ring substituents is 1. The fourth-order valence-electron chi connectivity index (χ4n) is 2.63. The third kappa shape index (κ3) is 3.56. The lowest BCUT2D eigenvalue weighted by atomic mass is 10.1. The van der Waals surface area contributed by atoms with E-state index in [0.29, 0.717) is 37.8 Å². The first-order chi connectivity index (χ1) is 10.4. The van der Waals surface area contributed by atoms with Crippen molar-refractivity contribution in [3.05, 3.63) is 38.4 Å². The molecule has 120 valence electrons. The number of benzene rings is 1. The molecule has 0 unspecified atom stereocenters. The van der Waals surface area contributed by atoms with Crippen LogP contribution < -0.4 is 0 Å². The summed E-state index contributed by atoms with van der Waals surface area (Å²) < 4.78 is 5.39. The fourth-order valence-corrected chi connectivity index (χ4v) is 2.93. The van der Waals surface area contributed by atoms with E-state index in [1.54, 1.807) is 11.8 Å². The van der Waals surface area contributed by atoms with E-state index in [9.17, 15) is 14.9 Å². The summed E-state index contributed by atoms with van der Waals surface area (Å²) in [6.45, 7) is 6.03. The van der Waals surface area contributed by atoms with Crippen LogP contribution in [0.2, 0.25) is 5.02 Å². The van der Waals surface area contributed by atoms with Crippen LogP contribution >= 0.6 is 11.6 Å². The molecule has 1 aliphatic rings. The lowest BCUT2D eigenvalue weighted by Crippen LogP contribution is -2.29. The number of amides is 1. The number of likely N-dealkylation sites (tertiary alicyclic amines) is 1. The smallest absolute Gasteiger partial charge is 0.273 e. The van der Waals surface area contributed by atoms with Crippen LogP contribution in [0.4, 0.5) is 5.69 Å². The highest BCUT2D eigenvalue weighted by atomic mass is 35.5. The Morgan fingerprint density at radius 1 is 1.55 bits per heavy atom. The maximum Gasteiger partial charge on any atom is 0.273 e. The van der Waals surface area contributed by atoms with E-state index < -0.39 is 4.92 Å². The molecule has 7 heteroatoms.